The van der Waals surface area contributed by atoms with Crippen molar-refractivity contribution < 1.29 is 19.5 Å². The molecule has 0 radical (unpaired) electrons. The quantitative estimate of drug-likeness (QED) is 0.725. The Balaban J connectivity index is 1.58. The summed E-state index contributed by atoms with van der Waals surface area (Å²) in [5, 5.41) is 18.0. The number of hydrogen-bond acceptors (Lipinski definition) is 5. The van der Waals surface area contributed by atoms with Crippen LogP contribution in [-0.2, 0) is 24.3 Å². The van der Waals surface area contributed by atoms with E-state index >= 15 is 0 Å². The number of fused-ring (bicyclic) bond motifs is 3. The van der Waals surface area contributed by atoms with Gasteiger partial charge in [-0.3, -0.25) is 14.3 Å². The first kappa shape index (κ1) is 18.9. The van der Waals surface area contributed by atoms with Gasteiger partial charge in [-0.25, -0.2) is 9.86 Å². The van der Waals surface area contributed by atoms with Crippen LogP contribution >= 0.6 is 15.9 Å². The van der Waals surface area contributed by atoms with Gasteiger partial charge >= 0.3 is 6.03 Å². The smallest absolute Gasteiger partial charge is 0.322 e. The number of carbonyl (C=O) groups is 2. The van der Waals surface area contributed by atoms with Crippen molar-refractivity contribution in [3.05, 3.63) is 45.7 Å². The highest BCUT2D eigenvalue weighted by molar-refractivity contribution is 9.10. The molecule has 10 heteroatoms. The van der Waals surface area contributed by atoms with E-state index in [0.29, 0.717) is 24.3 Å². The van der Waals surface area contributed by atoms with Crippen LogP contribution in [0.2, 0.25) is 0 Å². The number of nitrogens with zero attached hydrogens (tertiary/aromatic N) is 4. The molecule has 2 aliphatic rings. The molecule has 0 bridgehead atoms. The summed E-state index contributed by atoms with van der Waals surface area (Å²) in [6, 6.07) is 7.13. The zero-order valence-corrected chi connectivity index (χ0v) is 16.8. The van der Waals surface area contributed by atoms with Gasteiger partial charge in [-0.15, -0.1) is 0 Å². The molecule has 0 aliphatic carbocycles. The Labute approximate surface area is 169 Å². The molecule has 2 aromatic rings. The second-order valence-corrected chi connectivity index (χ2v) is 7.70. The van der Waals surface area contributed by atoms with Crippen molar-refractivity contribution in [1.82, 2.24) is 19.7 Å². The van der Waals surface area contributed by atoms with E-state index in [1.165, 1.54) is 7.05 Å². The summed E-state index contributed by atoms with van der Waals surface area (Å²) < 4.78 is 2.47. The zero-order valence-electron chi connectivity index (χ0n) is 15.3. The van der Waals surface area contributed by atoms with Crippen LogP contribution < -0.4 is 5.32 Å². The minimum Gasteiger partial charge on any atom is -0.393 e. The first-order chi connectivity index (χ1) is 13.5. The maximum absolute atomic E-state index is 12.8. The molecule has 1 aromatic heterocycles. The number of aromatic nitrogens is 2. The number of anilines is 1. The number of aliphatic hydroxyl groups is 1. The summed E-state index contributed by atoms with van der Waals surface area (Å²) in [4.78, 5) is 32.6. The minimum absolute atomic E-state index is 0.219. The van der Waals surface area contributed by atoms with E-state index < -0.39 is 6.10 Å². The van der Waals surface area contributed by atoms with E-state index in [1.54, 1.807) is 9.58 Å². The molecule has 3 amide bonds. The van der Waals surface area contributed by atoms with Crippen LogP contribution in [0.3, 0.4) is 0 Å². The molecular formula is C18H20BrN5O4. The van der Waals surface area contributed by atoms with E-state index in [1.807, 2.05) is 24.3 Å². The lowest BCUT2D eigenvalue weighted by atomic mass is 10.1. The number of hydroxylamine groups is 2. The standard InChI is InChI=1S/C18H20BrN5O4/c1-22-17(26)16-14-9-23(18(27)20-12-4-2-3-11(19)7-12)6-5-15(14)21-24(16)8-13(10-25)28-22/h2-4,7,13,25H,5-6,8-10H2,1H3,(H,20,27). The molecule has 9 nitrogen and oxygen atoms in total. The van der Waals surface area contributed by atoms with Crippen LogP contribution in [0.15, 0.2) is 28.7 Å². The van der Waals surface area contributed by atoms with Gasteiger partial charge in [-0.2, -0.15) is 5.10 Å². The van der Waals surface area contributed by atoms with Crippen molar-refractivity contribution in [1.29, 1.82) is 0 Å². The topological polar surface area (TPSA) is 99.9 Å². The molecule has 4 rings (SSSR count). The number of hydrogen-bond donors (Lipinski definition) is 2. The average molecular weight is 450 g/mol. The molecule has 148 valence electrons. The Morgan fingerprint density at radius 1 is 1.46 bits per heavy atom. The predicted octanol–water partition coefficient (Wildman–Crippen LogP) is 1.61. The third-order valence-corrected chi connectivity index (χ3v) is 5.33. The number of urea groups is 1. The first-order valence-electron chi connectivity index (χ1n) is 8.92. The Bertz CT molecular complexity index is 931. The van der Waals surface area contributed by atoms with Gasteiger partial charge in [0.25, 0.3) is 5.91 Å². The second-order valence-electron chi connectivity index (χ2n) is 6.78. The van der Waals surface area contributed by atoms with E-state index in [4.69, 9.17) is 4.84 Å². The third kappa shape index (κ3) is 3.50. The van der Waals surface area contributed by atoms with Gasteiger partial charge in [0.05, 0.1) is 25.4 Å². The highest BCUT2D eigenvalue weighted by Gasteiger charge is 2.35. The highest BCUT2D eigenvalue weighted by Crippen LogP contribution is 2.26. The Morgan fingerprint density at radius 3 is 3.04 bits per heavy atom. The molecule has 0 spiro atoms. The van der Waals surface area contributed by atoms with Crippen molar-refractivity contribution in [3.8, 4) is 0 Å². The highest BCUT2D eigenvalue weighted by atomic mass is 79.9. The molecule has 2 aliphatic heterocycles. The maximum atomic E-state index is 12.8. The number of halogens is 1. The third-order valence-electron chi connectivity index (χ3n) is 4.84. The van der Waals surface area contributed by atoms with Crippen LogP contribution in [0.4, 0.5) is 10.5 Å². The fourth-order valence-electron chi connectivity index (χ4n) is 3.48. The van der Waals surface area contributed by atoms with Gasteiger partial charge in [-0.05, 0) is 18.2 Å². The van der Waals surface area contributed by atoms with E-state index in [2.05, 4.69) is 26.3 Å². The van der Waals surface area contributed by atoms with Gasteiger partial charge < -0.3 is 15.3 Å². The lowest BCUT2D eigenvalue weighted by molar-refractivity contribution is -0.159. The Kier molecular flexibility index (Phi) is 5.09. The van der Waals surface area contributed by atoms with Crippen molar-refractivity contribution in [3.63, 3.8) is 0 Å². The number of benzene rings is 1. The molecule has 0 saturated heterocycles. The van der Waals surface area contributed by atoms with Gasteiger partial charge in [0.2, 0.25) is 0 Å². The maximum Gasteiger partial charge on any atom is 0.322 e. The average Bonchev–Trinajstić information content (AvgIpc) is 2.97. The fraction of sp³-hybridized carbons (Fsp3) is 0.389. The van der Waals surface area contributed by atoms with E-state index in [9.17, 15) is 14.7 Å². The summed E-state index contributed by atoms with van der Waals surface area (Å²) in [5.41, 5.74) is 2.64. The molecular weight excluding hydrogens is 430 g/mol. The molecule has 1 atom stereocenters. The predicted molar refractivity (Wildman–Crippen MR) is 104 cm³/mol. The van der Waals surface area contributed by atoms with Crippen LogP contribution in [0.25, 0.3) is 0 Å². The summed E-state index contributed by atoms with van der Waals surface area (Å²) >= 11 is 3.39. The lowest BCUT2D eigenvalue weighted by Gasteiger charge is -2.27. The lowest BCUT2D eigenvalue weighted by Crippen LogP contribution is -2.39. The second kappa shape index (κ2) is 7.53. The van der Waals surface area contributed by atoms with Crippen molar-refractivity contribution in [2.75, 3.05) is 25.5 Å². The largest absolute Gasteiger partial charge is 0.393 e. The molecule has 2 N–H and O–H groups in total. The molecule has 28 heavy (non-hydrogen) atoms. The number of aliphatic hydroxyl groups excluding tert-OH is 1. The van der Waals surface area contributed by atoms with Crippen molar-refractivity contribution >= 4 is 33.6 Å². The molecule has 1 unspecified atom stereocenters. The number of amides is 3. The molecule has 3 heterocycles. The molecule has 0 saturated carbocycles. The van der Waals surface area contributed by atoms with Crippen molar-refractivity contribution in [2.24, 2.45) is 0 Å². The number of nitrogens with one attached hydrogen (secondary N) is 1. The van der Waals surface area contributed by atoms with Crippen molar-refractivity contribution in [2.45, 2.75) is 25.6 Å². The van der Waals surface area contributed by atoms with E-state index in [0.717, 1.165) is 20.8 Å². The Morgan fingerprint density at radius 2 is 2.29 bits per heavy atom. The summed E-state index contributed by atoms with van der Waals surface area (Å²) in [7, 11) is 1.51. The minimum atomic E-state index is -0.549. The first-order valence-corrected chi connectivity index (χ1v) is 9.71. The van der Waals surface area contributed by atoms with E-state index in [-0.39, 0.29) is 31.6 Å². The van der Waals surface area contributed by atoms with Gasteiger partial charge in [-0.1, -0.05) is 22.0 Å². The monoisotopic (exact) mass is 449 g/mol. The molecule has 1 aromatic carbocycles. The van der Waals surface area contributed by atoms with Crippen LogP contribution in [0, 0.1) is 0 Å². The summed E-state index contributed by atoms with van der Waals surface area (Å²) in [6.45, 7) is 0.850. The van der Waals surface area contributed by atoms with Gasteiger partial charge in [0, 0.05) is 35.7 Å². The van der Waals surface area contributed by atoms with Crippen LogP contribution in [-0.4, -0.2) is 63.1 Å². The number of rotatable bonds is 2. The zero-order chi connectivity index (χ0) is 19.8. The summed E-state index contributed by atoms with van der Waals surface area (Å²) in [6.07, 6.45) is 0.00979. The van der Waals surface area contributed by atoms with Gasteiger partial charge in [0.15, 0.2) is 0 Å². The SMILES string of the molecule is CN1OC(CO)Cn2nc3c(c2C1=O)CN(C(=O)Nc1cccc(Br)c1)CC3. The van der Waals surface area contributed by atoms with Crippen LogP contribution in [0.1, 0.15) is 21.7 Å². The Hall–Kier alpha value is -2.43. The van der Waals surface area contributed by atoms with Gasteiger partial charge in [0.1, 0.15) is 11.8 Å². The summed E-state index contributed by atoms with van der Waals surface area (Å²) in [5.74, 6) is -0.334. The fourth-order valence-corrected chi connectivity index (χ4v) is 3.88. The molecule has 0 fully saturated rings. The normalized spacial score (nSPS) is 19.1. The van der Waals surface area contributed by atoms with Crippen LogP contribution in [0.5, 0.6) is 0 Å². The number of carbonyl (C=O) groups excluding carboxylic acids is 2.